The molecular formula is C25H27N5O6S2. The number of fused-ring (bicyclic) bond motifs is 1. The van der Waals surface area contributed by atoms with Gasteiger partial charge in [0, 0.05) is 49.8 Å². The van der Waals surface area contributed by atoms with Gasteiger partial charge < -0.3 is 15.0 Å². The Labute approximate surface area is 225 Å². The summed E-state index contributed by atoms with van der Waals surface area (Å²) in [6.45, 7) is 4.00. The molecule has 0 bridgehead atoms. The predicted molar refractivity (Wildman–Crippen MR) is 139 cm³/mol. The van der Waals surface area contributed by atoms with E-state index in [9.17, 15) is 22.8 Å². The van der Waals surface area contributed by atoms with E-state index in [0.717, 1.165) is 14.7 Å². The van der Waals surface area contributed by atoms with Crippen molar-refractivity contribution in [2.75, 3.05) is 31.6 Å². The highest BCUT2D eigenvalue weighted by atomic mass is 32.2. The lowest BCUT2D eigenvalue weighted by molar-refractivity contribution is -0.129. The van der Waals surface area contributed by atoms with Crippen LogP contribution in [0.5, 0.6) is 0 Å². The molecule has 1 aliphatic rings. The number of ether oxygens (including phenoxy) is 1. The summed E-state index contributed by atoms with van der Waals surface area (Å²) in [5.41, 5.74) is 1.18. The van der Waals surface area contributed by atoms with Gasteiger partial charge in [-0.05, 0) is 43.2 Å². The van der Waals surface area contributed by atoms with Crippen LogP contribution in [0.2, 0.25) is 0 Å². The van der Waals surface area contributed by atoms with Crippen molar-refractivity contribution in [3.05, 3.63) is 45.8 Å². The molecule has 3 rings (SSSR count). The highest BCUT2D eigenvalue weighted by Crippen LogP contribution is 2.38. The zero-order valence-corrected chi connectivity index (χ0v) is 22.7. The maximum atomic E-state index is 13.1. The molecule has 1 aromatic heterocycles. The summed E-state index contributed by atoms with van der Waals surface area (Å²) in [7, 11) is -3.98. The largest absolute Gasteiger partial charge is 0.462 e. The van der Waals surface area contributed by atoms with E-state index in [4.69, 9.17) is 15.3 Å². The highest BCUT2D eigenvalue weighted by Gasteiger charge is 2.30. The Bertz CT molecular complexity index is 1390. The SMILES string of the molecule is CCOC(=O)c1c(NC(=O)c2ccc(S(=O)(=O)N(CCC#N)CCC#N)cc2)sc2c1CCN(C(C)=O)C2. The van der Waals surface area contributed by atoms with E-state index in [1.54, 1.807) is 11.8 Å². The maximum Gasteiger partial charge on any atom is 0.341 e. The molecule has 2 heterocycles. The van der Waals surface area contributed by atoms with Crippen LogP contribution in [-0.2, 0) is 32.5 Å². The van der Waals surface area contributed by atoms with Crippen LogP contribution >= 0.6 is 11.3 Å². The first-order valence-electron chi connectivity index (χ1n) is 11.9. The standard InChI is InChI=1S/C25H27N5O6S2/c1-3-36-25(33)22-20-10-15-29(17(2)31)16-21(20)37-24(22)28-23(32)18-6-8-19(9-7-18)38(34,35)30(13-4-11-26)14-5-12-27/h6-9H,3-5,10,13-16H2,1-2H3,(H,28,32). The van der Waals surface area contributed by atoms with E-state index in [0.29, 0.717) is 24.5 Å². The monoisotopic (exact) mass is 557 g/mol. The zero-order valence-electron chi connectivity index (χ0n) is 21.0. The molecule has 1 N–H and O–H groups in total. The van der Waals surface area contributed by atoms with Crippen LogP contribution in [0.1, 0.15) is 57.8 Å². The Morgan fingerprint density at radius 1 is 1.13 bits per heavy atom. The summed E-state index contributed by atoms with van der Waals surface area (Å²) < 4.78 is 32.3. The van der Waals surface area contributed by atoms with E-state index in [2.05, 4.69) is 5.32 Å². The minimum atomic E-state index is -3.98. The van der Waals surface area contributed by atoms with Crippen molar-refractivity contribution >= 4 is 44.1 Å². The molecule has 2 aromatic rings. The quantitative estimate of drug-likeness (QED) is 0.436. The topological polar surface area (TPSA) is 161 Å². The maximum absolute atomic E-state index is 13.1. The summed E-state index contributed by atoms with van der Waals surface area (Å²) >= 11 is 1.20. The number of carbonyl (C=O) groups excluding carboxylic acids is 3. The number of thiophene rings is 1. The first-order chi connectivity index (χ1) is 18.1. The van der Waals surface area contributed by atoms with E-state index in [-0.39, 0.29) is 54.5 Å². The number of benzene rings is 1. The molecule has 11 nitrogen and oxygen atoms in total. The number of anilines is 1. The lowest BCUT2D eigenvalue weighted by Gasteiger charge is -2.25. The second-order valence-corrected chi connectivity index (χ2v) is 11.4. The van der Waals surface area contributed by atoms with Gasteiger partial charge in [0.1, 0.15) is 5.00 Å². The van der Waals surface area contributed by atoms with Crippen LogP contribution in [0.25, 0.3) is 0 Å². The molecule has 13 heteroatoms. The first kappa shape index (κ1) is 28.8. The molecule has 200 valence electrons. The van der Waals surface area contributed by atoms with Gasteiger partial charge in [0.25, 0.3) is 5.91 Å². The fourth-order valence-corrected chi connectivity index (χ4v) is 6.67. The van der Waals surface area contributed by atoms with Crippen molar-refractivity contribution in [2.24, 2.45) is 0 Å². The van der Waals surface area contributed by atoms with Crippen LogP contribution in [0, 0.1) is 22.7 Å². The van der Waals surface area contributed by atoms with Crippen molar-refractivity contribution in [3.8, 4) is 12.1 Å². The van der Waals surface area contributed by atoms with Crippen LogP contribution in [0.3, 0.4) is 0 Å². The van der Waals surface area contributed by atoms with E-state index in [1.807, 2.05) is 12.1 Å². The van der Waals surface area contributed by atoms with Gasteiger partial charge in [-0.2, -0.15) is 14.8 Å². The smallest absolute Gasteiger partial charge is 0.341 e. The number of hydrogen-bond donors (Lipinski definition) is 1. The summed E-state index contributed by atoms with van der Waals surface area (Å²) in [6.07, 6.45) is 0.405. The molecule has 0 saturated heterocycles. The van der Waals surface area contributed by atoms with Gasteiger partial charge in [-0.25, -0.2) is 13.2 Å². The van der Waals surface area contributed by atoms with Gasteiger partial charge in [-0.15, -0.1) is 11.3 Å². The van der Waals surface area contributed by atoms with Gasteiger partial charge in [-0.1, -0.05) is 0 Å². The molecular weight excluding hydrogens is 530 g/mol. The Morgan fingerprint density at radius 2 is 1.76 bits per heavy atom. The third kappa shape index (κ3) is 6.37. The number of amides is 2. The summed E-state index contributed by atoms with van der Waals surface area (Å²) in [6, 6.07) is 9.07. The molecule has 0 fully saturated rings. The fraction of sp³-hybridized carbons (Fsp3) is 0.400. The van der Waals surface area contributed by atoms with E-state index in [1.165, 1.54) is 42.5 Å². The number of hydrogen-bond acceptors (Lipinski definition) is 9. The Morgan fingerprint density at radius 3 is 2.32 bits per heavy atom. The molecule has 0 radical (unpaired) electrons. The van der Waals surface area contributed by atoms with Crippen LogP contribution in [0.4, 0.5) is 5.00 Å². The molecule has 0 saturated carbocycles. The van der Waals surface area contributed by atoms with Crippen LogP contribution in [0.15, 0.2) is 29.2 Å². The molecule has 2 amide bonds. The molecule has 38 heavy (non-hydrogen) atoms. The number of sulfonamides is 1. The number of nitrogens with zero attached hydrogens (tertiary/aromatic N) is 4. The zero-order chi connectivity index (χ0) is 27.9. The number of carbonyl (C=O) groups is 3. The Kier molecular flexibility index (Phi) is 9.58. The molecule has 1 aliphatic heterocycles. The second-order valence-electron chi connectivity index (χ2n) is 8.32. The first-order valence-corrected chi connectivity index (χ1v) is 14.1. The lowest BCUT2D eigenvalue weighted by Crippen LogP contribution is -2.34. The Hall–Kier alpha value is -3.78. The van der Waals surface area contributed by atoms with Crippen LogP contribution in [-0.4, -0.2) is 61.6 Å². The third-order valence-electron chi connectivity index (χ3n) is 5.91. The predicted octanol–water partition coefficient (Wildman–Crippen LogP) is 2.90. The van der Waals surface area contributed by atoms with Crippen molar-refractivity contribution < 1.29 is 27.5 Å². The van der Waals surface area contributed by atoms with Gasteiger partial charge in [0.2, 0.25) is 15.9 Å². The number of nitriles is 2. The van der Waals surface area contributed by atoms with Crippen LogP contribution < -0.4 is 5.32 Å². The fourth-order valence-electron chi connectivity index (χ4n) is 3.98. The summed E-state index contributed by atoms with van der Waals surface area (Å²) in [4.78, 5) is 40.0. The van der Waals surface area contributed by atoms with E-state index < -0.39 is 21.9 Å². The Balaban J connectivity index is 1.85. The average Bonchev–Trinajstić information content (AvgIpc) is 3.25. The second kappa shape index (κ2) is 12.6. The van der Waals surface area contributed by atoms with Crippen molar-refractivity contribution in [1.29, 1.82) is 10.5 Å². The lowest BCUT2D eigenvalue weighted by atomic mass is 10.0. The third-order valence-corrected chi connectivity index (χ3v) is 8.95. The molecule has 0 aliphatic carbocycles. The number of esters is 1. The molecule has 0 spiro atoms. The van der Waals surface area contributed by atoms with Crippen molar-refractivity contribution in [3.63, 3.8) is 0 Å². The molecule has 0 atom stereocenters. The number of nitrogens with one attached hydrogen (secondary N) is 1. The van der Waals surface area contributed by atoms with Crippen molar-refractivity contribution in [1.82, 2.24) is 9.21 Å². The van der Waals surface area contributed by atoms with Gasteiger partial charge in [0.15, 0.2) is 0 Å². The highest BCUT2D eigenvalue weighted by molar-refractivity contribution is 7.89. The minimum Gasteiger partial charge on any atom is -0.462 e. The minimum absolute atomic E-state index is 0.0249. The van der Waals surface area contributed by atoms with Gasteiger partial charge >= 0.3 is 5.97 Å². The van der Waals surface area contributed by atoms with Crippen molar-refractivity contribution in [2.45, 2.75) is 44.6 Å². The summed E-state index contributed by atoms with van der Waals surface area (Å²) in [5, 5.41) is 20.7. The van der Waals surface area contributed by atoms with E-state index >= 15 is 0 Å². The summed E-state index contributed by atoms with van der Waals surface area (Å²) in [5.74, 6) is -1.19. The average molecular weight is 558 g/mol. The van der Waals surface area contributed by atoms with Gasteiger partial charge in [-0.3, -0.25) is 9.59 Å². The number of rotatable bonds is 10. The normalized spacial score (nSPS) is 12.8. The van der Waals surface area contributed by atoms with Gasteiger partial charge in [0.05, 0.1) is 35.7 Å². The molecule has 1 aromatic carbocycles. The molecule has 0 unspecified atom stereocenters.